The standard InChI is InChI=1S/C14H14ClN3O/c1-10-2-4-12(6-13(10)15)18-14(19)5-3-11-7-16-9-17-8-11/h2,4,6-9H,3,5H2,1H3,(H,18,19). The Morgan fingerprint density at radius 1 is 1.32 bits per heavy atom. The summed E-state index contributed by atoms with van der Waals surface area (Å²) in [5, 5.41) is 3.46. The molecule has 2 rings (SSSR count). The van der Waals surface area contributed by atoms with Crippen LogP contribution in [0.3, 0.4) is 0 Å². The summed E-state index contributed by atoms with van der Waals surface area (Å²) in [6.45, 7) is 1.92. The Labute approximate surface area is 116 Å². The largest absolute Gasteiger partial charge is 0.326 e. The van der Waals surface area contributed by atoms with Gasteiger partial charge in [-0.3, -0.25) is 4.79 Å². The highest BCUT2D eigenvalue weighted by atomic mass is 35.5. The minimum absolute atomic E-state index is 0.0521. The Morgan fingerprint density at radius 2 is 2.05 bits per heavy atom. The van der Waals surface area contributed by atoms with Crippen molar-refractivity contribution in [2.24, 2.45) is 0 Å². The normalized spacial score (nSPS) is 10.2. The van der Waals surface area contributed by atoms with Crippen molar-refractivity contribution in [1.29, 1.82) is 0 Å². The molecule has 0 spiro atoms. The van der Waals surface area contributed by atoms with Crippen LogP contribution in [-0.2, 0) is 11.2 Å². The summed E-state index contributed by atoms with van der Waals surface area (Å²) < 4.78 is 0. The summed E-state index contributed by atoms with van der Waals surface area (Å²) in [4.78, 5) is 19.6. The lowest BCUT2D eigenvalue weighted by molar-refractivity contribution is -0.116. The summed E-state index contributed by atoms with van der Waals surface area (Å²) in [6.07, 6.45) is 5.90. The number of carbonyl (C=O) groups is 1. The van der Waals surface area contributed by atoms with E-state index in [0.29, 0.717) is 23.6 Å². The smallest absolute Gasteiger partial charge is 0.224 e. The molecule has 1 aromatic carbocycles. The Kier molecular flexibility index (Phi) is 4.47. The van der Waals surface area contributed by atoms with E-state index in [9.17, 15) is 4.79 Å². The van der Waals surface area contributed by atoms with Crippen LogP contribution in [0.2, 0.25) is 5.02 Å². The van der Waals surface area contributed by atoms with Gasteiger partial charge in [-0.05, 0) is 36.6 Å². The molecule has 0 aliphatic heterocycles. The molecule has 1 amide bonds. The first kappa shape index (κ1) is 13.5. The zero-order valence-electron chi connectivity index (χ0n) is 10.6. The molecular formula is C14H14ClN3O. The van der Waals surface area contributed by atoms with E-state index in [2.05, 4.69) is 15.3 Å². The summed E-state index contributed by atoms with van der Waals surface area (Å²) in [5.41, 5.74) is 2.64. The van der Waals surface area contributed by atoms with Crippen LogP contribution in [0.5, 0.6) is 0 Å². The van der Waals surface area contributed by atoms with Crippen LogP contribution in [0.1, 0.15) is 17.5 Å². The topological polar surface area (TPSA) is 54.9 Å². The van der Waals surface area contributed by atoms with Crippen LogP contribution in [0, 0.1) is 6.92 Å². The number of nitrogens with one attached hydrogen (secondary N) is 1. The first-order valence-corrected chi connectivity index (χ1v) is 6.33. The molecule has 1 heterocycles. The number of aryl methyl sites for hydroxylation is 2. The van der Waals surface area contributed by atoms with Crippen LogP contribution in [-0.4, -0.2) is 15.9 Å². The molecule has 0 saturated heterocycles. The van der Waals surface area contributed by atoms with Crippen molar-refractivity contribution >= 4 is 23.2 Å². The van der Waals surface area contributed by atoms with Crippen LogP contribution in [0.4, 0.5) is 5.69 Å². The van der Waals surface area contributed by atoms with E-state index in [0.717, 1.165) is 11.1 Å². The lowest BCUT2D eigenvalue weighted by Gasteiger charge is -2.06. The minimum Gasteiger partial charge on any atom is -0.326 e. The molecule has 0 saturated carbocycles. The summed E-state index contributed by atoms with van der Waals surface area (Å²) in [6, 6.07) is 5.47. The lowest BCUT2D eigenvalue weighted by Crippen LogP contribution is -2.12. The van der Waals surface area contributed by atoms with Crippen molar-refractivity contribution in [2.45, 2.75) is 19.8 Å². The number of amides is 1. The lowest BCUT2D eigenvalue weighted by atomic mass is 10.2. The van der Waals surface area contributed by atoms with Crippen LogP contribution < -0.4 is 5.32 Å². The number of benzene rings is 1. The van der Waals surface area contributed by atoms with E-state index in [4.69, 9.17) is 11.6 Å². The highest BCUT2D eigenvalue weighted by Crippen LogP contribution is 2.20. The van der Waals surface area contributed by atoms with E-state index < -0.39 is 0 Å². The second-order valence-electron chi connectivity index (χ2n) is 4.26. The van der Waals surface area contributed by atoms with Crippen molar-refractivity contribution < 1.29 is 4.79 Å². The van der Waals surface area contributed by atoms with Gasteiger partial charge in [0.2, 0.25) is 5.91 Å². The second kappa shape index (κ2) is 6.29. The minimum atomic E-state index is -0.0521. The van der Waals surface area contributed by atoms with Crippen molar-refractivity contribution in [1.82, 2.24) is 9.97 Å². The molecule has 0 radical (unpaired) electrons. The van der Waals surface area contributed by atoms with Crippen molar-refractivity contribution in [3.63, 3.8) is 0 Å². The maximum atomic E-state index is 11.8. The molecule has 0 bridgehead atoms. The molecule has 1 N–H and O–H groups in total. The zero-order valence-corrected chi connectivity index (χ0v) is 11.3. The molecule has 4 nitrogen and oxygen atoms in total. The third-order valence-electron chi connectivity index (χ3n) is 2.71. The first-order valence-electron chi connectivity index (χ1n) is 5.95. The molecule has 2 aromatic rings. The molecule has 19 heavy (non-hydrogen) atoms. The highest BCUT2D eigenvalue weighted by Gasteiger charge is 2.04. The van der Waals surface area contributed by atoms with Gasteiger partial charge in [0.05, 0.1) is 0 Å². The van der Waals surface area contributed by atoms with E-state index in [1.54, 1.807) is 18.5 Å². The molecule has 1 aromatic heterocycles. The fourth-order valence-electron chi connectivity index (χ4n) is 1.61. The van der Waals surface area contributed by atoms with E-state index in [-0.39, 0.29) is 5.91 Å². The van der Waals surface area contributed by atoms with Gasteiger partial charge in [-0.1, -0.05) is 17.7 Å². The molecule has 0 atom stereocenters. The predicted molar refractivity (Wildman–Crippen MR) is 75.2 cm³/mol. The number of carbonyl (C=O) groups excluding carboxylic acids is 1. The average molecular weight is 276 g/mol. The zero-order chi connectivity index (χ0) is 13.7. The van der Waals surface area contributed by atoms with Gasteiger partial charge in [0.15, 0.2) is 0 Å². The fourth-order valence-corrected chi connectivity index (χ4v) is 1.79. The van der Waals surface area contributed by atoms with Crippen molar-refractivity contribution in [3.05, 3.63) is 53.1 Å². The molecule has 0 aliphatic carbocycles. The number of aromatic nitrogens is 2. The van der Waals surface area contributed by atoms with E-state index >= 15 is 0 Å². The monoisotopic (exact) mass is 275 g/mol. The molecule has 0 fully saturated rings. The van der Waals surface area contributed by atoms with Gasteiger partial charge in [0.1, 0.15) is 6.33 Å². The molecule has 0 unspecified atom stereocenters. The van der Waals surface area contributed by atoms with Gasteiger partial charge in [0.25, 0.3) is 0 Å². The van der Waals surface area contributed by atoms with Gasteiger partial charge < -0.3 is 5.32 Å². The van der Waals surface area contributed by atoms with Gasteiger partial charge in [-0.2, -0.15) is 0 Å². The fraction of sp³-hybridized carbons (Fsp3) is 0.214. The Bertz CT molecular complexity index is 572. The van der Waals surface area contributed by atoms with Crippen molar-refractivity contribution in [2.75, 3.05) is 5.32 Å². The van der Waals surface area contributed by atoms with Crippen LogP contribution >= 0.6 is 11.6 Å². The Balaban J connectivity index is 1.89. The average Bonchev–Trinajstić information content (AvgIpc) is 2.42. The molecule has 0 aliphatic rings. The van der Waals surface area contributed by atoms with Crippen LogP contribution in [0.15, 0.2) is 36.9 Å². The number of hydrogen-bond acceptors (Lipinski definition) is 3. The first-order chi connectivity index (χ1) is 9.15. The summed E-state index contributed by atoms with van der Waals surface area (Å²) in [7, 11) is 0. The number of anilines is 1. The third-order valence-corrected chi connectivity index (χ3v) is 3.12. The Morgan fingerprint density at radius 3 is 2.74 bits per heavy atom. The molecule has 5 heteroatoms. The summed E-state index contributed by atoms with van der Waals surface area (Å²) >= 11 is 6.00. The number of rotatable bonds is 4. The Hall–Kier alpha value is -1.94. The van der Waals surface area contributed by atoms with Crippen molar-refractivity contribution in [3.8, 4) is 0 Å². The highest BCUT2D eigenvalue weighted by molar-refractivity contribution is 6.31. The van der Waals surface area contributed by atoms with Gasteiger partial charge in [-0.15, -0.1) is 0 Å². The number of nitrogens with zero attached hydrogens (tertiary/aromatic N) is 2. The number of hydrogen-bond donors (Lipinski definition) is 1. The predicted octanol–water partition coefficient (Wildman–Crippen LogP) is 3.01. The maximum absolute atomic E-state index is 11.8. The van der Waals surface area contributed by atoms with Gasteiger partial charge in [0, 0.05) is 29.5 Å². The maximum Gasteiger partial charge on any atom is 0.224 e. The molecular weight excluding hydrogens is 262 g/mol. The van der Waals surface area contributed by atoms with E-state index in [1.807, 2.05) is 19.1 Å². The van der Waals surface area contributed by atoms with Gasteiger partial charge >= 0.3 is 0 Å². The quantitative estimate of drug-likeness (QED) is 0.933. The van der Waals surface area contributed by atoms with Crippen LogP contribution in [0.25, 0.3) is 0 Å². The molecule has 98 valence electrons. The SMILES string of the molecule is Cc1ccc(NC(=O)CCc2cncnc2)cc1Cl. The van der Waals surface area contributed by atoms with Gasteiger partial charge in [-0.25, -0.2) is 9.97 Å². The second-order valence-corrected chi connectivity index (χ2v) is 4.67. The number of halogens is 1. The summed E-state index contributed by atoms with van der Waals surface area (Å²) in [5.74, 6) is -0.0521. The third kappa shape index (κ3) is 4.03. The van der Waals surface area contributed by atoms with E-state index in [1.165, 1.54) is 6.33 Å².